The molecule has 2 fully saturated rings. The van der Waals surface area contributed by atoms with Crippen molar-refractivity contribution in [3.63, 3.8) is 0 Å². The first-order valence-electron chi connectivity index (χ1n) is 7.42. The van der Waals surface area contributed by atoms with Crippen LogP contribution in [0, 0.1) is 11.7 Å². The lowest BCUT2D eigenvalue weighted by Crippen LogP contribution is -2.46. The molecule has 0 amide bonds. The van der Waals surface area contributed by atoms with Gasteiger partial charge in [0.1, 0.15) is 5.82 Å². The predicted molar refractivity (Wildman–Crippen MR) is 79.5 cm³/mol. The number of hydrogen-bond acceptors (Lipinski definition) is 1. The third-order valence-corrected chi connectivity index (χ3v) is 5.24. The molecule has 0 bridgehead atoms. The summed E-state index contributed by atoms with van der Waals surface area (Å²) >= 11 is 3.32. The van der Waals surface area contributed by atoms with Gasteiger partial charge in [-0.3, -0.25) is 4.90 Å². The van der Waals surface area contributed by atoms with E-state index in [1.165, 1.54) is 38.5 Å². The van der Waals surface area contributed by atoms with E-state index in [0.717, 1.165) is 29.0 Å². The highest BCUT2D eigenvalue weighted by molar-refractivity contribution is 9.10. The quantitative estimate of drug-likeness (QED) is 0.758. The Morgan fingerprint density at radius 1 is 1.16 bits per heavy atom. The summed E-state index contributed by atoms with van der Waals surface area (Å²) in [6, 6.07) is 6.15. The standard InChI is InChI=1S/C16H21BrFN/c17-14-8-7-13(15(18)10-14)11-19-9-3-5-12-4-1-2-6-16(12)19/h7-8,10,12,16H,1-6,9,11H2. The maximum atomic E-state index is 14.0. The molecule has 1 heterocycles. The molecule has 0 N–H and O–H groups in total. The molecular formula is C16H21BrFN. The average Bonchev–Trinajstić information content (AvgIpc) is 2.42. The van der Waals surface area contributed by atoms with Crippen LogP contribution in [0.1, 0.15) is 44.1 Å². The summed E-state index contributed by atoms with van der Waals surface area (Å²) in [6.45, 7) is 1.91. The second-order valence-electron chi connectivity index (χ2n) is 5.96. The van der Waals surface area contributed by atoms with Gasteiger partial charge in [0, 0.05) is 22.6 Å². The fraction of sp³-hybridized carbons (Fsp3) is 0.625. The minimum atomic E-state index is -0.0766. The zero-order valence-corrected chi connectivity index (χ0v) is 12.8. The van der Waals surface area contributed by atoms with E-state index in [-0.39, 0.29) is 5.82 Å². The van der Waals surface area contributed by atoms with Gasteiger partial charge in [-0.15, -0.1) is 0 Å². The van der Waals surface area contributed by atoms with Crippen molar-refractivity contribution in [1.82, 2.24) is 4.90 Å². The number of hydrogen-bond donors (Lipinski definition) is 0. The third kappa shape index (κ3) is 3.03. The molecule has 1 saturated heterocycles. The molecule has 3 heteroatoms. The topological polar surface area (TPSA) is 3.24 Å². The number of rotatable bonds is 2. The maximum absolute atomic E-state index is 14.0. The minimum Gasteiger partial charge on any atom is -0.296 e. The Balaban J connectivity index is 1.74. The van der Waals surface area contributed by atoms with Gasteiger partial charge in [-0.1, -0.05) is 34.8 Å². The lowest BCUT2D eigenvalue weighted by atomic mass is 9.78. The predicted octanol–water partition coefficient (Wildman–Crippen LogP) is 4.74. The molecule has 2 atom stereocenters. The Labute approximate surface area is 123 Å². The monoisotopic (exact) mass is 325 g/mol. The van der Waals surface area contributed by atoms with E-state index in [4.69, 9.17) is 0 Å². The SMILES string of the molecule is Fc1cc(Br)ccc1CN1CCCC2CCCCC21. The van der Waals surface area contributed by atoms with E-state index < -0.39 is 0 Å². The summed E-state index contributed by atoms with van der Waals surface area (Å²) in [7, 11) is 0. The van der Waals surface area contributed by atoms with Gasteiger partial charge in [0.15, 0.2) is 0 Å². The molecule has 1 aliphatic carbocycles. The van der Waals surface area contributed by atoms with Gasteiger partial charge < -0.3 is 0 Å². The molecular weight excluding hydrogens is 305 g/mol. The van der Waals surface area contributed by atoms with Crippen LogP contribution >= 0.6 is 15.9 Å². The minimum absolute atomic E-state index is 0.0766. The zero-order chi connectivity index (χ0) is 13.2. The molecule has 0 spiro atoms. The third-order valence-electron chi connectivity index (χ3n) is 4.75. The van der Waals surface area contributed by atoms with Crippen molar-refractivity contribution >= 4 is 15.9 Å². The molecule has 2 aliphatic rings. The van der Waals surface area contributed by atoms with Gasteiger partial charge in [0.05, 0.1) is 0 Å². The fourth-order valence-electron chi connectivity index (χ4n) is 3.79. The molecule has 1 aromatic rings. The fourth-order valence-corrected chi connectivity index (χ4v) is 4.13. The van der Waals surface area contributed by atoms with Crippen molar-refractivity contribution in [1.29, 1.82) is 0 Å². The van der Waals surface area contributed by atoms with E-state index in [1.807, 2.05) is 12.1 Å². The van der Waals surface area contributed by atoms with Crippen molar-refractivity contribution in [3.05, 3.63) is 34.1 Å². The van der Waals surface area contributed by atoms with Crippen molar-refractivity contribution in [2.45, 2.75) is 51.1 Å². The highest BCUT2D eigenvalue weighted by atomic mass is 79.9. The molecule has 0 radical (unpaired) electrons. The molecule has 1 aromatic carbocycles. The van der Waals surface area contributed by atoms with Crippen LogP contribution in [0.3, 0.4) is 0 Å². The van der Waals surface area contributed by atoms with Crippen LogP contribution in [0.2, 0.25) is 0 Å². The van der Waals surface area contributed by atoms with Crippen LogP contribution in [0.15, 0.2) is 22.7 Å². The smallest absolute Gasteiger partial charge is 0.128 e. The van der Waals surface area contributed by atoms with Crippen LogP contribution in [-0.2, 0) is 6.54 Å². The second kappa shape index (κ2) is 5.92. The van der Waals surface area contributed by atoms with Gasteiger partial charge in [0.2, 0.25) is 0 Å². The van der Waals surface area contributed by atoms with E-state index in [9.17, 15) is 4.39 Å². The normalized spacial score (nSPS) is 28.1. The Kier molecular flexibility index (Phi) is 4.23. The first kappa shape index (κ1) is 13.6. The van der Waals surface area contributed by atoms with Crippen molar-refractivity contribution in [3.8, 4) is 0 Å². The molecule has 19 heavy (non-hydrogen) atoms. The van der Waals surface area contributed by atoms with Gasteiger partial charge in [-0.05, 0) is 50.3 Å². The summed E-state index contributed by atoms with van der Waals surface area (Å²) in [5, 5.41) is 0. The van der Waals surface area contributed by atoms with E-state index in [1.54, 1.807) is 6.07 Å². The Bertz CT molecular complexity index is 446. The molecule has 1 nitrogen and oxygen atoms in total. The molecule has 1 aliphatic heterocycles. The lowest BCUT2D eigenvalue weighted by molar-refractivity contribution is 0.0539. The number of fused-ring (bicyclic) bond motifs is 1. The van der Waals surface area contributed by atoms with Gasteiger partial charge in [-0.25, -0.2) is 4.39 Å². The maximum Gasteiger partial charge on any atom is 0.128 e. The summed E-state index contributed by atoms with van der Waals surface area (Å²) in [4.78, 5) is 2.53. The summed E-state index contributed by atoms with van der Waals surface area (Å²) < 4.78 is 14.8. The first-order valence-corrected chi connectivity index (χ1v) is 8.21. The highest BCUT2D eigenvalue weighted by Crippen LogP contribution is 2.36. The molecule has 1 saturated carbocycles. The van der Waals surface area contributed by atoms with E-state index in [2.05, 4.69) is 20.8 Å². The summed E-state index contributed by atoms with van der Waals surface area (Å²) in [5.41, 5.74) is 0.842. The Morgan fingerprint density at radius 2 is 1.95 bits per heavy atom. The number of benzene rings is 1. The van der Waals surface area contributed by atoms with Crippen LogP contribution < -0.4 is 0 Å². The van der Waals surface area contributed by atoms with Crippen molar-refractivity contribution < 1.29 is 4.39 Å². The Morgan fingerprint density at radius 3 is 2.79 bits per heavy atom. The summed E-state index contributed by atoms with van der Waals surface area (Å²) in [6.07, 6.45) is 8.08. The largest absolute Gasteiger partial charge is 0.296 e. The van der Waals surface area contributed by atoms with E-state index >= 15 is 0 Å². The zero-order valence-electron chi connectivity index (χ0n) is 11.2. The number of likely N-dealkylation sites (tertiary alicyclic amines) is 1. The Hall–Kier alpha value is -0.410. The first-order chi connectivity index (χ1) is 9.24. The van der Waals surface area contributed by atoms with Crippen molar-refractivity contribution in [2.75, 3.05) is 6.54 Å². The van der Waals surface area contributed by atoms with E-state index in [0.29, 0.717) is 6.04 Å². The van der Waals surface area contributed by atoms with Crippen LogP contribution in [0.5, 0.6) is 0 Å². The molecule has 0 aromatic heterocycles. The summed E-state index contributed by atoms with van der Waals surface area (Å²) in [5.74, 6) is 0.785. The lowest BCUT2D eigenvalue weighted by Gasteiger charge is -2.44. The van der Waals surface area contributed by atoms with Gasteiger partial charge >= 0.3 is 0 Å². The molecule has 3 rings (SSSR count). The number of piperidine rings is 1. The molecule has 104 valence electrons. The number of nitrogens with zero attached hydrogens (tertiary/aromatic N) is 1. The van der Waals surface area contributed by atoms with Crippen molar-refractivity contribution in [2.24, 2.45) is 5.92 Å². The average molecular weight is 326 g/mol. The second-order valence-corrected chi connectivity index (χ2v) is 6.88. The molecule has 2 unspecified atom stereocenters. The van der Waals surface area contributed by atoms with Crippen LogP contribution in [0.4, 0.5) is 4.39 Å². The highest BCUT2D eigenvalue weighted by Gasteiger charge is 2.33. The van der Waals surface area contributed by atoms with Crippen LogP contribution in [0.25, 0.3) is 0 Å². The number of halogens is 2. The van der Waals surface area contributed by atoms with Gasteiger partial charge in [0.25, 0.3) is 0 Å². The van der Waals surface area contributed by atoms with Gasteiger partial charge in [-0.2, -0.15) is 0 Å². The van der Waals surface area contributed by atoms with Crippen LogP contribution in [-0.4, -0.2) is 17.5 Å².